The maximum atomic E-state index is 5.57. The van der Waals surface area contributed by atoms with E-state index < -0.39 is 0 Å². The molecule has 8 heteroatoms. The molecule has 2 rings (SSSR count). The van der Waals surface area contributed by atoms with Crippen LogP contribution in [0.3, 0.4) is 0 Å². The van der Waals surface area contributed by atoms with Crippen LogP contribution < -0.4 is 16.4 Å². The lowest BCUT2D eigenvalue weighted by molar-refractivity contribution is 0.252. The summed E-state index contributed by atoms with van der Waals surface area (Å²) in [7, 11) is 4.11. The minimum Gasteiger partial charge on any atom is -0.368 e. The zero-order valence-electron chi connectivity index (χ0n) is 10.7. The van der Waals surface area contributed by atoms with Gasteiger partial charge in [-0.2, -0.15) is 15.0 Å². The average molecular weight is 274 g/mol. The number of hydrogen-bond acceptors (Lipinski definition) is 7. The van der Waals surface area contributed by atoms with Gasteiger partial charge in [0.15, 0.2) is 0 Å². The molecule has 0 radical (unpaired) electrons. The molecule has 1 aromatic rings. The van der Waals surface area contributed by atoms with Gasteiger partial charge in [0.2, 0.25) is 17.8 Å². The maximum Gasteiger partial charge on any atom is 0.231 e. The number of anilines is 3. The summed E-state index contributed by atoms with van der Waals surface area (Å²) in [5, 5.41) is 0. The number of rotatable bonds is 2. The van der Waals surface area contributed by atoms with Crippen molar-refractivity contribution in [3.05, 3.63) is 0 Å². The summed E-state index contributed by atoms with van der Waals surface area (Å²) in [4.78, 5) is 16.4. The molecule has 0 aromatic carbocycles. The van der Waals surface area contributed by atoms with Gasteiger partial charge in [-0.25, -0.2) is 0 Å². The first kappa shape index (κ1) is 14.7. The van der Waals surface area contributed by atoms with Gasteiger partial charge >= 0.3 is 0 Å². The van der Waals surface area contributed by atoms with Gasteiger partial charge < -0.3 is 21.3 Å². The molecule has 7 nitrogen and oxygen atoms in total. The van der Waals surface area contributed by atoms with Crippen molar-refractivity contribution >= 4 is 30.3 Å². The molecule has 0 saturated carbocycles. The Labute approximate surface area is 113 Å². The standard InChI is InChI=1S/C10H19N7.ClH/c1-16-5-3-7(4-6-16)17(2)10-14-8(11)13-9(12)15-10;/h7H,3-6H2,1-2H3,(H4,11,12,13,14,15);1H. The number of nitrogen functional groups attached to an aromatic ring is 2. The Hall–Kier alpha value is -1.34. The lowest BCUT2D eigenvalue weighted by Gasteiger charge is -2.35. The highest BCUT2D eigenvalue weighted by molar-refractivity contribution is 5.85. The molecular weight excluding hydrogens is 254 g/mol. The smallest absolute Gasteiger partial charge is 0.231 e. The van der Waals surface area contributed by atoms with Crippen molar-refractivity contribution in [2.45, 2.75) is 18.9 Å². The number of halogens is 1. The molecule has 4 N–H and O–H groups in total. The van der Waals surface area contributed by atoms with E-state index in [-0.39, 0.29) is 24.3 Å². The molecule has 0 atom stereocenters. The monoisotopic (exact) mass is 273 g/mol. The third-order valence-electron chi connectivity index (χ3n) is 3.21. The molecule has 0 aliphatic carbocycles. The summed E-state index contributed by atoms with van der Waals surface area (Å²) in [6, 6.07) is 0.437. The van der Waals surface area contributed by atoms with E-state index in [1.165, 1.54) is 0 Å². The molecule has 18 heavy (non-hydrogen) atoms. The van der Waals surface area contributed by atoms with Crippen molar-refractivity contribution in [3.8, 4) is 0 Å². The maximum absolute atomic E-state index is 5.57. The fraction of sp³-hybridized carbons (Fsp3) is 0.700. The number of nitrogens with zero attached hydrogens (tertiary/aromatic N) is 5. The Kier molecular flexibility index (Phi) is 4.92. The quantitative estimate of drug-likeness (QED) is 0.782. The van der Waals surface area contributed by atoms with Crippen LogP contribution in [0.4, 0.5) is 17.8 Å². The van der Waals surface area contributed by atoms with E-state index in [4.69, 9.17) is 11.5 Å². The second-order valence-electron chi connectivity index (χ2n) is 4.50. The molecule has 2 heterocycles. The Bertz CT molecular complexity index is 372. The molecule has 1 aromatic heterocycles. The number of aromatic nitrogens is 3. The van der Waals surface area contributed by atoms with Crippen LogP contribution in [0.5, 0.6) is 0 Å². The molecule has 102 valence electrons. The van der Waals surface area contributed by atoms with E-state index in [2.05, 4.69) is 26.9 Å². The van der Waals surface area contributed by atoms with E-state index in [0.717, 1.165) is 25.9 Å². The van der Waals surface area contributed by atoms with Crippen LogP contribution in [0, 0.1) is 0 Å². The normalized spacial score (nSPS) is 17.2. The highest BCUT2D eigenvalue weighted by atomic mass is 35.5. The van der Waals surface area contributed by atoms with Crippen LogP contribution in [0.15, 0.2) is 0 Å². The highest BCUT2D eigenvalue weighted by Crippen LogP contribution is 2.19. The molecule has 0 amide bonds. The Balaban J connectivity index is 0.00000162. The average Bonchev–Trinajstić information content (AvgIpc) is 2.28. The van der Waals surface area contributed by atoms with Gasteiger partial charge in [-0.3, -0.25) is 0 Å². The largest absolute Gasteiger partial charge is 0.368 e. The highest BCUT2D eigenvalue weighted by Gasteiger charge is 2.22. The van der Waals surface area contributed by atoms with E-state index >= 15 is 0 Å². The van der Waals surface area contributed by atoms with Gasteiger partial charge in [0.05, 0.1) is 0 Å². The molecule has 0 bridgehead atoms. The van der Waals surface area contributed by atoms with E-state index in [1.54, 1.807) is 0 Å². The van der Waals surface area contributed by atoms with Gasteiger partial charge in [-0.05, 0) is 33.0 Å². The van der Waals surface area contributed by atoms with Gasteiger partial charge in [0.25, 0.3) is 0 Å². The third kappa shape index (κ3) is 3.33. The van der Waals surface area contributed by atoms with Crippen molar-refractivity contribution < 1.29 is 0 Å². The summed E-state index contributed by atoms with van der Waals surface area (Å²) in [6.45, 7) is 2.18. The summed E-state index contributed by atoms with van der Waals surface area (Å²) in [6.07, 6.45) is 2.19. The predicted molar refractivity (Wildman–Crippen MR) is 74.8 cm³/mol. The first-order valence-electron chi connectivity index (χ1n) is 5.74. The summed E-state index contributed by atoms with van der Waals surface area (Å²) in [5.41, 5.74) is 11.1. The molecule has 0 unspecified atom stereocenters. The van der Waals surface area contributed by atoms with Crippen molar-refractivity contribution in [2.75, 3.05) is 43.6 Å². The second-order valence-corrected chi connectivity index (χ2v) is 4.50. The zero-order valence-corrected chi connectivity index (χ0v) is 11.5. The van der Waals surface area contributed by atoms with Crippen molar-refractivity contribution in [1.82, 2.24) is 19.9 Å². The molecule has 1 saturated heterocycles. The summed E-state index contributed by atoms with van der Waals surface area (Å²) < 4.78 is 0. The molecular formula is C10H20ClN7. The zero-order chi connectivity index (χ0) is 12.4. The molecule has 1 aliphatic heterocycles. The first-order chi connectivity index (χ1) is 8.06. The predicted octanol–water partition coefficient (Wildman–Crippen LogP) is -0.0118. The van der Waals surface area contributed by atoms with Gasteiger partial charge in [0.1, 0.15) is 0 Å². The van der Waals surface area contributed by atoms with Crippen LogP contribution in [-0.4, -0.2) is 53.1 Å². The van der Waals surface area contributed by atoms with Crippen molar-refractivity contribution in [1.29, 1.82) is 0 Å². The Morgan fingerprint density at radius 3 is 2.11 bits per heavy atom. The summed E-state index contributed by atoms with van der Waals surface area (Å²) >= 11 is 0. The van der Waals surface area contributed by atoms with Crippen LogP contribution >= 0.6 is 12.4 Å². The third-order valence-corrected chi connectivity index (χ3v) is 3.21. The van der Waals surface area contributed by atoms with Gasteiger partial charge in [0, 0.05) is 13.1 Å². The molecule has 1 fully saturated rings. The Morgan fingerprint density at radius 2 is 1.61 bits per heavy atom. The minimum absolute atomic E-state index is 0. The Morgan fingerprint density at radius 1 is 1.11 bits per heavy atom. The van der Waals surface area contributed by atoms with E-state index in [0.29, 0.717) is 12.0 Å². The molecule has 1 aliphatic rings. The molecule has 0 spiro atoms. The van der Waals surface area contributed by atoms with E-state index in [1.807, 2.05) is 11.9 Å². The van der Waals surface area contributed by atoms with Gasteiger partial charge in [-0.15, -0.1) is 12.4 Å². The second kappa shape index (κ2) is 6.01. The van der Waals surface area contributed by atoms with Crippen LogP contribution in [-0.2, 0) is 0 Å². The van der Waals surface area contributed by atoms with Crippen molar-refractivity contribution in [2.24, 2.45) is 0 Å². The van der Waals surface area contributed by atoms with Crippen LogP contribution in [0.1, 0.15) is 12.8 Å². The van der Waals surface area contributed by atoms with Crippen LogP contribution in [0.25, 0.3) is 0 Å². The lowest BCUT2D eigenvalue weighted by Crippen LogP contribution is -2.42. The fourth-order valence-electron chi connectivity index (χ4n) is 2.10. The lowest BCUT2D eigenvalue weighted by atomic mass is 10.0. The minimum atomic E-state index is 0. The van der Waals surface area contributed by atoms with Crippen molar-refractivity contribution in [3.63, 3.8) is 0 Å². The SMILES string of the molecule is CN1CCC(N(C)c2nc(N)nc(N)n2)CC1.Cl. The number of hydrogen-bond donors (Lipinski definition) is 2. The van der Waals surface area contributed by atoms with Gasteiger partial charge in [-0.1, -0.05) is 0 Å². The number of nitrogens with two attached hydrogens (primary N) is 2. The summed E-state index contributed by atoms with van der Waals surface area (Å²) in [5.74, 6) is 0.907. The van der Waals surface area contributed by atoms with E-state index in [9.17, 15) is 0 Å². The number of likely N-dealkylation sites (tertiary alicyclic amines) is 1. The number of piperidine rings is 1. The topological polar surface area (TPSA) is 97.2 Å². The fourth-order valence-corrected chi connectivity index (χ4v) is 2.10. The van der Waals surface area contributed by atoms with Crippen LogP contribution in [0.2, 0.25) is 0 Å². The first-order valence-corrected chi connectivity index (χ1v) is 5.74.